The van der Waals surface area contributed by atoms with Gasteiger partial charge in [-0.2, -0.15) is 0 Å². The lowest BCUT2D eigenvalue weighted by Gasteiger charge is -2.14. The van der Waals surface area contributed by atoms with Crippen LogP contribution in [0.5, 0.6) is 0 Å². The topological polar surface area (TPSA) is 39.2 Å². The molecule has 0 aliphatic carbocycles. The second kappa shape index (κ2) is 5.10. The molecular weight excluding hydrogens is 246 g/mol. The number of carbonyl (C=O) groups excluding carboxylic acids is 1. The van der Waals surface area contributed by atoms with Gasteiger partial charge in [-0.1, -0.05) is 27.7 Å². The van der Waals surface area contributed by atoms with Crippen LogP contribution in [0, 0.1) is 5.92 Å². The maximum atomic E-state index is 12.1. The highest BCUT2D eigenvalue weighted by molar-refractivity contribution is 7.09. The molecule has 0 aromatic carbocycles. The van der Waals surface area contributed by atoms with Gasteiger partial charge in [0.05, 0.1) is 12.1 Å². The van der Waals surface area contributed by atoms with Gasteiger partial charge in [0, 0.05) is 17.4 Å². The quantitative estimate of drug-likeness (QED) is 0.845. The first kappa shape index (κ1) is 13.7. The Hall–Kier alpha value is -0.740. The van der Waals surface area contributed by atoms with Crippen molar-refractivity contribution in [3.63, 3.8) is 0 Å². The molecule has 0 amide bonds. The van der Waals surface area contributed by atoms with Crippen LogP contribution in [0.25, 0.3) is 0 Å². The van der Waals surface area contributed by atoms with Crippen LogP contribution in [-0.2, 0) is 21.4 Å². The number of rotatable bonds is 3. The van der Waals surface area contributed by atoms with Crippen molar-refractivity contribution < 1.29 is 9.53 Å². The van der Waals surface area contributed by atoms with Crippen LogP contribution in [0.4, 0.5) is 0 Å². The van der Waals surface area contributed by atoms with E-state index in [1.54, 1.807) is 11.3 Å². The van der Waals surface area contributed by atoms with E-state index in [-0.39, 0.29) is 17.3 Å². The molecule has 1 fully saturated rings. The average Bonchev–Trinajstić information content (AvgIpc) is 2.85. The molecule has 2 rings (SSSR count). The molecule has 0 saturated carbocycles. The first-order valence-corrected chi connectivity index (χ1v) is 7.35. The lowest BCUT2D eigenvalue weighted by atomic mass is 9.93. The summed E-state index contributed by atoms with van der Waals surface area (Å²) in [6.45, 7) is 9.20. The van der Waals surface area contributed by atoms with Crippen molar-refractivity contribution >= 4 is 17.1 Å². The smallest absolute Gasteiger partial charge is 0.168 e. The van der Waals surface area contributed by atoms with Gasteiger partial charge in [0.2, 0.25) is 0 Å². The third-order valence-corrected chi connectivity index (χ3v) is 4.20. The SMILES string of the molecule is CC1CCOC1C(=O)Cc1nc(C(C)(C)C)cs1. The molecule has 0 bridgehead atoms. The molecule has 3 nitrogen and oxygen atoms in total. The Morgan fingerprint density at radius 2 is 2.28 bits per heavy atom. The number of ketones is 1. The standard InChI is InChI=1S/C14H21NO2S/c1-9-5-6-17-13(9)10(16)7-12-15-11(8-18-12)14(2,3)4/h8-9,13H,5-7H2,1-4H3. The molecule has 4 heteroatoms. The fourth-order valence-corrected chi connectivity index (χ4v) is 3.12. The van der Waals surface area contributed by atoms with Gasteiger partial charge < -0.3 is 4.74 Å². The van der Waals surface area contributed by atoms with Gasteiger partial charge in [0.1, 0.15) is 11.1 Å². The number of Topliss-reactive ketones (excluding diaryl/α,β-unsaturated/α-hetero) is 1. The van der Waals surface area contributed by atoms with E-state index in [1.165, 1.54) is 0 Å². The van der Waals surface area contributed by atoms with E-state index in [2.05, 4.69) is 38.1 Å². The monoisotopic (exact) mass is 267 g/mol. The molecule has 0 radical (unpaired) electrons. The molecule has 1 aromatic heterocycles. The summed E-state index contributed by atoms with van der Waals surface area (Å²) >= 11 is 1.58. The molecule has 2 heterocycles. The van der Waals surface area contributed by atoms with Gasteiger partial charge in [-0.15, -0.1) is 11.3 Å². The zero-order chi connectivity index (χ0) is 13.3. The summed E-state index contributed by atoms with van der Waals surface area (Å²) in [5.74, 6) is 0.523. The van der Waals surface area contributed by atoms with Crippen molar-refractivity contribution in [2.45, 2.75) is 52.1 Å². The number of carbonyl (C=O) groups is 1. The average molecular weight is 267 g/mol. The normalized spacial score (nSPS) is 24.4. The van der Waals surface area contributed by atoms with Crippen molar-refractivity contribution in [3.8, 4) is 0 Å². The van der Waals surface area contributed by atoms with E-state index in [4.69, 9.17) is 4.74 Å². The van der Waals surface area contributed by atoms with E-state index in [9.17, 15) is 4.79 Å². The van der Waals surface area contributed by atoms with Crippen LogP contribution in [-0.4, -0.2) is 23.5 Å². The zero-order valence-corrected chi connectivity index (χ0v) is 12.3. The lowest BCUT2D eigenvalue weighted by molar-refractivity contribution is -0.128. The fourth-order valence-electron chi connectivity index (χ4n) is 2.09. The second-order valence-electron chi connectivity index (χ2n) is 6.08. The van der Waals surface area contributed by atoms with Crippen LogP contribution in [0.15, 0.2) is 5.38 Å². The molecule has 1 saturated heterocycles. The summed E-state index contributed by atoms with van der Waals surface area (Å²) in [7, 11) is 0. The van der Waals surface area contributed by atoms with Crippen LogP contribution >= 0.6 is 11.3 Å². The van der Waals surface area contributed by atoms with Crippen molar-refractivity contribution in [1.29, 1.82) is 0 Å². The summed E-state index contributed by atoms with van der Waals surface area (Å²) in [4.78, 5) is 16.7. The van der Waals surface area contributed by atoms with Gasteiger partial charge in [0.25, 0.3) is 0 Å². The summed E-state index contributed by atoms with van der Waals surface area (Å²) in [5.41, 5.74) is 1.12. The first-order valence-electron chi connectivity index (χ1n) is 6.47. The highest BCUT2D eigenvalue weighted by Gasteiger charge is 2.31. The minimum atomic E-state index is -0.216. The van der Waals surface area contributed by atoms with Crippen molar-refractivity contribution in [1.82, 2.24) is 4.98 Å². The number of hydrogen-bond donors (Lipinski definition) is 0. The van der Waals surface area contributed by atoms with Crippen LogP contribution in [0.2, 0.25) is 0 Å². The fraction of sp³-hybridized carbons (Fsp3) is 0.714. The molecular formula is C14H21NO2S. The van der Waals surface area contributed by atoms with Gasteiger partial charge in [0.15, 0.2) is 5.78 Å². The molecule has 2 atom stereocenters. The summed E-state index contributed by atoms with van der Waals surface area (Å²) in [6.07, 6.45) is 1.18. The highest BCUT2D eigenvalue weighted by Crippen LogP contribution is 2.26. The number of aromatic nitrogens is 1. The third-order valence-electron chi connectivity index (χ3n) is 3.35. The van der Waals surface area contributed by atoms with Gasteiger partial charge in [-0.25, -0.2) is 4.98 Å². The molecule has 2 unspecified atom stereocenters. The summed E-state index contributed by atoms with van der Waals surface area (Å²) in [5, 5.41) is 2.97. The molecule has 100 valence electrons. The largest absolute Gasteiger partial charge is 0.370 e. The predicted octanol–water partition coefficient (Wildman–Crippen LogP) is 2.98. The Balaban J connectivity index is 2.01. The molecule has 1 aromatic rings. The van der Waals surface area contributed by atoms with Gasteiger partial charge in [-0.05, 0) is 12.3 Å². The second-order valence-corrected chi connectivity index (χ2v) is 7.02. The minimum Gasteiger partial charge on any atom is -0.370 e. The minimum absolute atomic E-state index is 0.0505. The number of thiazole rings is 1. The van der Waals surface area contributed by atoms with Crippen molar-refractivity contribution in [2.75, 3.05) is 6.61 Å². The Morgan fingerprint density at radius 1 is 1.56 bits per heavy atom. The molecule has 18 heavy (non-hydrogen) atoms. The highest BCUT2D eigenvalue weighted by atomic mass is 32.1. The van der Waals surface area contributed by atoms with Crippen LogP contribution < -0.4 is 0 Å². The van der Waals surface area contributed by atoms with E-state index in [0.29, 0.717) is 18.9 Å². The Kier molecular flexibility index (Phi) is 3.87. The van der Waals surface area contributed by atoms with Crippen LogP contribution in [0.1, 0.15) is 44.8 Å². The Labute approximate surface area is 113 Å². The maximum Gasteiger partial charge on any atom is 0.168 e. The van der Waals surface area contributed by atoms with Crippen molar-refractivity contribution in [3.05, 3.63) is 16.1 Å². The van der Waals surface area contributed by atoms with E-state index in [0.717, 1.165) is 17.1 Å². The zero-order valence-electron chi connectivity index (χ0n) is 11.5. The number of ether oxygens (including phenoxy) is 1. The lowest BCUT2D eigenvalue weighted by Crippen LogP contribution is -2.26. The third kappa shape index (κ3) is 2.98. The van der Waals surface area contributed by atoms with E-state index < -0.39 is 0 Å². The number of hydrogen-bond acceptors (Lipinski definition) is 4. The predicted molar refractivity (Wildman–Crippen MR) is 73.0 cm³/mol. The Bertz CT molecular complexity index is 433. The van der Waals surface area contributed by atoms with Gasteiger partial charge in [-0.3, -0.25) is 4.79 Å². The van der Waals surface area contributed by atoms with E-state index >= 15 is 0 Å². The summed E-state index contributed by atoms with van der Waals surface area (Å²) < 4.78 is 5.50. The molecule has 1 aliphatic rings. The van der Waals surface area contributed by atoms with Crippen molar-refractivity contribution in [2.24, 2.45) is 5.92 Å². The summed E-state index contributed by atoms with van der Waals surface area (Å²) in [6, 6.07) is 0. The molecule has 1 aliphatic heterocycles. The maximum absolute atomic E-state index is 12.1. The molecule has 0 spiro atoms. The van der Waals surface area contributed by atoms with Crippen LogP contribution in [0.3, 0.4) is 0 Å². The van der Waals surface area contributed by atoms with E-state index in [1.807, 2.05) is 0 Å². The van der Waals surface area contributed by atoms with Gasteiger partial charge >= 0.3 is 0 Å². The Morgan fingerprint density at radius 3 is 2.78 bits per heavy atom. The molecule has 0 N–H and O–H groups in total. The number of nitrogens with zero attached hydrogens (tertiary/aromatic N) is 1. The first-order chi connectivity index (χ1) is 8.38.